The molecule has 34 heavy (non-hydrogen) atoms. The van der Waals surface area contributed by atoms with Gasteiger partial charge in [-0.2, -0.15) is 0 Å². The Morgan fingerprint density at radius 1 is 0.971 bits per heavy atom. The van der Waals surface area contributed by atoms with Gasteiger partial charge in [0, 0.05) is 15.7 Å². The van der Waals surface area contributed by atoms with Crippen molar-refractivity contribution in [3.05, 3.63) is 105 Å². The lowest BCUT2D eigenvalue weighted by Gasteiger charge is -2.26. The molecule has 0 aromatic heterocycles. The maximum Gasteiger partial charge on any atom is 0.338 e. The fourth-order valence-electron chi connectivity index (χ4n) is 4.02. The van der Waals surface area contributed by atoms with Crippen LogP contribution < -0.4 is 4.90 Å². The number of aryl methyl sites for hydroxylation is 1. The number of carbonyl (C=O) groups excluding carboxylic acids is 3. The van der Waals surface area contributed by atoms with Crippen molar-refractivity contribution in [1.82, 2.24) is 0 Å². The smallest absolute Gasteiger partial charge is 0.338 e. The molecule has 1 fully saturated rings. The third-order valence-electron chi connectivity index (χ3n) is 5.70. The Morgan fingerprint density at radius 2 is 1.59 bits per heavy atom. The lowest BCUT2D eigenvalue weighted by Crippen LogP contribution is -2.29. The number of Topliss-reactive ketones (excluding diaryl/α,β-unsaturated/α-hetero) is 1. The van der Waals surface area contributed by atoms with Gasteiger partial charge in [0.1, 0.15) is 5.76 Å². The highest BCUT2D eigenvalue weighted by atomic mass is 79.9. The Hall–Kier alpha value is -3.71. The van der Waals surface area contributed by atoms with Crippen molar-refractivity contribution in [2.75, 3.05) is 11.5 Å². The van der Waals surface area contributed by atoms with Gasteiger partial charge in [0.25, 0.3) is 11.7 Å². The number of rotatable bonds is 5. The first kappa shape index (κ1) is 23.4. The van der Waals surface area contributed by atoms with Gasteiger partial charge in [-0.05, 0) is 61.4 Å². The summed E-state index contributed by atoms with van der Waals surface area (Å²) in [4.78, 5) is 39.9. The summed E-state index contributed by atoms with van der Waals surface area (Å²) in [7, 11) is 0. The predicted molar refractivity (Wildman–Crippen MR) is 133 cm³/mol. The second-order valence-electron chi connectivity index (χ2n) is 7.80. The maximum absolute atomic E-state index is 13.3. The zero-order valence-corrected chi connectivity index (χ0v) is 20.2. The van der Waals surface area contributed by atoms with Crippen LogP contribution in [0.15, 0.2) is 82.8 Å². The number of ether oxygens (including phenoxy) is 1. The molecule has 1 heterocycles. The number of aliphatic hydroxyl groups excluding tert-OH is 1. The van der Waals surface area contributed by atoms with Crippen LogP contribution >= 0.6 is 15.9 Å². The van der Waals surface area contributed by atoms with Gasteiger partial charge in [0.05, 0.1) is 23.8 Å². The van der Waals surface area contributed by atoms with E-state index < -0.39 is 23.7 Å². The highest BCUT2D eigenvalue weighted by Crippen LogP contribution is 2.43. The van der Waals surface area contributed by atoms with Crippen LogP contribution in [0.2, 0.25) is 0 Å². The number of nitrogens with zero attached hydrogens (tertiary/aromatic N) is 1. The van der Waals surface area contributed by atoms with Gasteiger partial charge in [-0.1, -0.05) is 52.3 Å². The van der Waals surface area contributed by atoms with Crippen LogP contribution in [0.1, 0.15) is 40.0 Å². The number of benzene rings is 3. The highest BCUT2D eigenvalue weighted by Gasteiger charge is 2.47. The fourth-order valence-corrected chi connectivity index (χ4v) is 4.29. The van der Waals surface area contributed by atoms with Gasteiger partial charge in [0.2, 0.25) is 0 Å². The molecule has 0 aliphatic carbocycles. The van der Waals surface area contributed by atoms with E-state index >= 15 is 0 Å². The summed E-state index contributed by atoms with van der Waals surface area (Å²) in [5.74, 6) is -2.24. The number of amides is 1. The third-order valence-corrected chi connectivity index (χ3v) is 6.23. The molecule has 1 N–H and O–H groups in total. The van der Waals surface area contributed by atoms with Gasteiger partial charge < -0.3 is 9.84 Å². The number of anilines is 1. The van der Waals surface area contributed by atoms with Crippen LogP contribution in [0, 0.1) is 6.92 Å². The lowest BCUT2D eigenvalue weighted by atomic mass is 9.92. The molecule has 1 aliphatic heterocycles. The predicted octanol–water partition coefficient (Wildman–Crippen LogP) is 5.56. The summed E-state index contributed by atoms with van der Waals surface area (Å²) < 4.78 is 5.85. The molecule has 1 saturated heterocycles. The molecular formula is C27H22BrNO5. The number of carbonyl (C=O) groups is 3. The highest BCUT2D eigenvalue weighted by molar-refractivity contribution is 9.10. The van der Waals surface area contributed by atoms with Crippen LogP contribution in [-0.4, -0.2) is 29.4 Å². The zero-order chi connectivity index (χ0) is 24.4. The third kappa shape index (κ3) is 4.26. The molecule has 1 atom stereocenters. The van der Waals surface area contributed by atoms with E-state index in [1.54, 1.807) is 55.5 Å². The van der Waals surface area contributed by atoms with Crippen molar-refractivity contribution in [3.63, 3.8) is 0 Å². The first-order valence-electron chi connectivity index (χ1n) is 10.7. The normalized spacial score (nSPS) is 17.1. The lowest BCUT2D eigenvalue weighted by molar-refractivity contribution is -0.132. The van der Waals surface area contributed by atoms with Crippen molar-refractivity contribution in [2.24, 2.45) is 0 Å². The fraction of sp³-hybridized carbons (Fsp3) is 0.148. The van der Waals surface area contributed by atoms with Crippen molar-refractivity contribution in [3.8, 4) is 0 Å². The van der Waals surface area contributed by atoms with Gasteiger partial charge in [-0.25, -0.2) is 4.79 Å². The van der Waals surface area contributed by atoms with Crippen LogP contribution in [0.25, 0.3) is 5.76 Å². The van der Waals surface area contributed by atoms with Gasteiger partial charge >= 0.3 is 5.97 Å². The minimum atomic E-state index is -0.835. The van der Waals surface area contributed by atoms with Crippen molar-refractivity contribution < 1.29 is 24.2 Å². The first-order valence-corrected chi connectivity index (χ1v) is 11.5. The second kappa shape index (κ2) is 9.65. The van der Waals surface area contributed by atoms with Crippen molar-refractivity contribution in [2.45, 2.75) is 19.9 Å². The molecule has 1 unspecified atom stereocenters. The number of esters is 1. The molecular weight excluding hydrogens is 498 g/mol. The van der Waals surface area contributed by atoms with Gasteiger partial charge in [-0.15, -0.1) is 0 Å². The summed E-state index contributed by atoms with van der Waals surface area (Å²) in [6.07, 6.45) is 0. The number of halogens is 1. The zero-order valence-electron chi connectivity index (χ0n) is 18.6. The quantitative estimate of drug-likeness (QED) is 0.206. The van der Waals surface area contributed by atoms with E-state index in [9.17, 15) is 19.5 Å². The first-order chi connectivity index (χ1) is 16.3. The summed E-state index contributed by atoms with van der Waals surface area (Å²) in [6, 6.07) is 19.7. The molecule has 0 radical (unpaired) electrons. The van der Waals surface area contributed by atoms with Crippen LogP contribution in [-0.2, 0) is 14.3 Å². The van der Waals surface area contributed by atoms with Crippen LogP contribution in [0.5, 0.6) is 0 Å². The molecule has 0 bridgehead atoms. The topological polar surface area (TPSA) is 83.9 Å². The molecule has 3 aromatic rings. The number of hydrogen-bond acceptors (Lipinski definition) is 5. The Bertz CT molecular complexity index is 1300. The van der Waals surface area contributed by atoms with Crippen molar-refractivity contribution in [1.29, 1.82) is 0 Å². The van der Waals surface area contributed by atoms with E-state index in [0.717, 1.165) is 15.6 Å². The Balaban J connectivity index is 1.88. The molecule has 0 spiro atoms. The summed E-state index contributed by atoms with van der Waals surface area (Å²) in [5, 5.41) is 11.2. The largest absolute Gasteiger partial charge is 0.507 e. The molecule has 6 nitrogen and oxygen atoms in total. The van der Waals surface area contributed by atoms with Crippen LogP contribution in [0.3, 0.4) is 0 Å². The average molecular weight is 520 g/mol. The molecule has 1 aliphatic rings. The van der Waals surface area contributed by atoms with E-state index in [0.29, 0.717) is 16.8 Å². The molecule has 1 amide bonds. The molecule has 172 valence electrons. The van der Waals surface area contributed by atoms with Crippen molar-refractivity contribution >= 4 is 45.0 Å². The Kier molecular flexibility index (Phi) is 6.65. The minimum Gasteiger partial charge on any atom is -0.507 e. The molecule has 3 aromatic carbocycles. The van der Waals surface area contributed by atoms with E-state index in [1.165, 1.54) is 4.90 Å². The van der Waals surface area contributed by atoms with E-state index in [4.69, 9.17) is 4.74 Å². The van der Waals surface area contributed by atoms with Gasteiger partial charge in [-0.3, -0.25) is 14.5 Å². The van der Waals surface area contributed by atoms with Crippen LogP contribution in [0.4, 0.5) is 5.69 Å². The summed E-state index contributed by atoms with van der Waals surface area (Å²) >= 11 is 3.36. The van der Waals surface area contributed by atoms with E-state index in [2.05, 4.69) is 15.9 Å². The number of aliphatic hydroxyl groups is 1. The summed E-state index contributed by atoms with van der Waals surface area (Å²) in [5.41, 5.74) is 2.79. The number of hydrogen-bond donors (Lipinski definition) is 1. The second-order valence-corrected chi connectivity index (χ2v) is 8.72. The standard InChI is InChI=1S/C27H22BrNO5/c1-3-34-27(33)18-10-14-20(15-11-18)29-23(21-7-5-4-6-16(21)2)22(25(31)26(29)32)24(30)17-8-12-19(28)13-9-17/h4-15,23,30H,3H2,1-2H3/b24-22+. The van der Waals surface area contributed by atoms with Gasteiger partial charge in [0.15, 0.2) is 0 Å². The van der Waals surface area contributed by atoms with E-state index in [1.807, 2.05) is 31.2 Å². The number of ketones is 1. The van der Waals surface area contributed by atoms with E-state index in [-0.39, 0.29) is 17.9 Å². The molecule has 0 saturated carbocycles. The SMILES string of the molecule is CCOC(=O)c1ccc(N2C(=O)C(=O)/C(=C(/O)c3ccc(Br)cc3)C2c2ccccc2C)cc1. The monoisotopic (exact) mass is 519 g/mol. The maximum atomic E-state index is 13.3. The Labute approximate surface area is 205 Å². The summed E-state index contributed by atoms with van der Waals surface area (Å²) in [6.45, 7) is 3.86. The average Bonchev–Trinajstić information content (AvgIpc) is 3.10. The Morgan fingerprint density at radius 3 is 2.21 bits per heavy atom. The molecule has 7 heteroatoms. The molecule has 4 rings (SSSR count). The minimum absolute atomic E-state index is 0.0103.